The predicted molar refractivity (Wildman–Crippen MR) is 71.0 cm³/mol. The fraction of sp³-hybridized carbons (Fsp3) is 1.00. The second kappa shape index (κ2) is 5.65. The van der Waals surface area contributed by atoms with Crippen LogP contribution in [0.3, 0.4) is 0 Å². The Morgan fingerprint density at radius 1 is 0.737 bits per heavy atom. The van der Waals surface area contributed by atoms with Gasteiger partial charge in [-0.25, -0.2) is 8.42 Å². The van der Waals surface area contributed by atoms with E-state index in [4.69, 9.17) is 9.47 Å². The lowest BCUT2D eigenvalue weighted by molar-refractivity contribution is -0.0221. The van der Waals surface area contributed by atoms with E-state index in [0.29, 0.717) is 37.9 Å². The van der Waals surface area contributed by atoms with Crippen LogP contribution in [0.25, 0.3) is 0 Å². The van der Waals surface area contributed by atoms with E-state index in [9.17, 15) is 8.42 Å². The molecule has 0 bridgehead atoms. The van der Waals surface area contributed by atoms with Crippen molar-refractivity contribution in [2.75, 3.05) is 64.1 Å². The third-order valence-electron chi connectivity index (χ3n) is 4.32. The number of sulfone groups is 1. The number of ether oxygens (including phenoxy) is 2. The normalized spacial score (nSPS) is 37.5. The molecule has 0 aliphatic carbocycles. The fourth-order valence-electron chi connectivity index (χ4n) is 3.33. The summed E-state index contributed by atoms with van der Waals surface area (Å²) in [5, 5.41) is 0. The van der Waals surface area contributed by atoms with Crippen LogP contribution in [0.1, 0.15) is 0 Å². The summed E-state index contributed by atoms with van der Waals surface area (Å²) in [6.45, 7) is 6.25. The second-order valence-corrected chi connectivity index (χ2v) is 7.66. The second-order valence-electron chi connectivity index (χ2n) is 5.51. The molecule has 110 valence electrons. The Balaban J connectivity index is 1.74. The lowest BCUT2D eigenvalue weighted by Crippen LogP contribution is -2.56. The first-order valence-corrected chi connectivity index (χ1v) is 8.82. The van der Waals surface area contributed by atoms with E-state index in [2.05, 4.69) is 9.80 Å². The van der Waals surface area contributed by atoms with E-state index in [0.717, 1.165) is 26.2 Å². The number of nitrogens with zero attached hydrogens (tertiary/aromatic N) is 2. The zero-order valence-electron chi connectivity index (χ0n) is 11.2. The van der Waals surface area contributed by atoms with E-state index >= 15 is 0 Å². The monoisotopic (exact) mass is 290 g/mol. The summed E-state index contributed by atoms with van der Waals surface area (Å²) in [7, 11) is -2.91. The van der Waals surface area contributed by atoms with Gasteiger partial charge in [0.1, 0.15) is 0 Å². The van der Waals surface area contributed by atoms with Gasteiger partial charge in [0.25, 0.3) is 0 Å². The highest BCUT2D eigenvalue weighted by Crippen LogP contribution is 2.24. The van der Waals surface area contributed by atoms with Crippen molar-refractivity contribution in [3.05, 3.63) is 0 Å². The van der Waals surface area contributed by atoms with Gasteiger partial charge >= 0.3 is 0 Å². The molecule has 3 heterocycles. The average molecular weight is 290 g/mol. The minimum Gasteiger partial charge on any atom is -0.379 e. The zero-order valence-corrected chi connectivity index (χ0v) is 12.0. The summed E-state index contributed by atoms with van der Waals surface area (Å²) in [6.07, 6.45) is 0. The Bertz CT molecular complexity index is 370. The number of rotatable bonds is 2. The molecule has 0 spiro atoms. The SMILES string of the molecule is O=S1(=O)C[C@@H](N2CCOCC2)[C@@H](N2CCOCC2)C1. The molecular formula is C12H22N2O4S. The Hall–Kier alpha value is -0.210. The maximum atomic E-state index is 12.0. The molecule has 3 aliphatic rings. The molecule has 2 atom stereocenters. The lowest BCUT2D eigenvalue weighted by atomic mass is 10.1. The molecule has 0 amide bonds. The Labute approximate surface area is 114 Å². The minimum atomic E-state index is -2.91. The third-order valence-corrected chi connectivity index (χ3v) is 6.02. The van der Waals surface area contributed by atoms with Gasteiger partial charge in [-0.1, -0.05) is 0 Å². The van der Waals surface area contributed by atoms with Gasteiger partial charge < -0.3 is 9.47 Å². The van der Waals surface area contributed by atoms with Crippen LogP contribution >= 0.6 is 0 Å². The van der Waals surface area contributed by atoms with Gasteiger partial charge in [0.05, 0.1) is 37.9 Å². The summed E-state index contributed by atoms with van der Waals surface area (Å²) in [5.74, 6) is 0.601. The van der Waals surface area contributed by atoms with Crippen molar-refractivity contribution in [3.63, 3.8) is 0 Å². The van der Waals surface area contributed by atoms with Crippen molar-refractivity contribution in [3.8, 4) is 0 Å². The quantitative estimate of drug-likeness (QED) is 0.638. The molecule has 6 nitrogen and oxygen atoms in total. The topological polar surface area (TPSA) is 59.1 Å². The van der Waals surface area contributed by atoms with Crippen molar-refractivity contribution >= 4 is 9.84 Å². The van der Waals surface area contributed by atoms with Gasteiger partial charge in [0.15, 0.2) is 9.84 Å². The van der Waals surface area contributed by atoms with Crippen LogP contribution in [0.4, 0.5) is 0 Å². The number of morpholine rings is 2. The fourth-order valence-corrected chi connectivity index (χ4v) is 5.37. The Morgan fingerprint density at radius 3 is 1.47 bits per heavy atom. The van der Waals surface area contributed by atoms with Gasteiger partial charge in [-0.05, 0) is 0 Å². The van der Waals surface area contributed by atoms with E-state index in [1.807, 2.05) is 0 Å². The smallest absolute Gasteiger partial charge is 0.153 e. The molecule has 3 saturated heterocycles. The maximum Gasteiger partial charge on any atom is 0.153 e. The summed E-state index contributed by atoms with van der Waals surface area (Å²) in [6, 6.07) is 0.263. The van der Waals surface area contributed by atoms with Crippen molar-refractivity contribution in [2.45, 2.75) is 12.1 Å². The van der Waals surface area contributed by atoms with E-state index in [-0.39, 0.29) is 12.1 Å². The molecule has 3 fully saturated rings. The van der Waals surface area contributed by atoms with Gasteiger partial charge in [0, 0.05) is 38.3 Å². The first-order valence-electron chi connectivity index (χ1n) is 7.00. The molecule has 19 heavy (non-hydrogen) atoms. The van der Waals surface area contributed by atoms with Crippen molar-refractivity contribution in [1.29, 1.82) is 0 Å². The van der Waals surface area contributed by atoms with E-state index in [1.165, 1.54) is 0 Å². The Morgan fingerprint density at radius 2 is 1.11 bits per heavy atom. The largest absolute Gasteiger partial charge is 0.379 e. The Kier molecular flexibility index (Phi) is 4.09. The highest BCUT2D eigenvalue weighted by Gasteiger charge is 2.44. The van der Waals surface area contributed by atoms with Crippen LogP contribution in [0.5, 0.6) is 0 Å². The third kappa shape index (κ3) is 3.11. The maximum absolute atomic E-state index is 12.0. The summed E-state index contributed by atoms with van der Waals surface area (Å²) >= 11 is 0. The molecule has 3 rings (SSSR count). The molecule has 7 heteroatoms. The molecule has 0 N–H and O–H groups in total. The van der Waals surface area contributed by atoms with Gasteiger partial charge in [-0.15, -0.1) is 0 Å². The van der Waals surface area contributed by atoms with Crippen LogP contribution in [0.15, 0.2) is 0 Å². The number of hydrogen-bond donors (Lipinski definition) is 0. The molecule has 0 saturated carbocycles. The van der Waals surface area contributed by atoms with Gasteiger partial charge in [-0.3, -0.25) is 9.80 Å². The standard InChI is InChI=1S/C12H22N2O4S/c15-19(16)9-11(13-1-5-17-6-2-13)12(10-19)14-3-7-18-8-4-14/h11-12H,1-10H2/t11-,12+. The van der Waals surface area contributed by atoms with Crippen LogP contribution in [-0.2, 0) is 19.3 Å². The van der Waals surface area contributed by atoms with Gasteiger partial charge in [0.2, 0.25) is 0 Å². The highest BCUT2D eigenvalue weighted by atomic mass is 32.2. The van der Waals surface area contributed by atoms with Gasteiger partial charge in [-0.2, -0.15) is 0 Å². The zero-order chi connectivity index (χ0) is 13.3. The van der Waals surface area contributed by atoms with E-state index < -0.39 is 9.84 Å². The van der Waals surface area contributed by atoms with E-state index in [1.54, 1.807) is 0 Å². The molecule has 0 radical (unpaired) electrons. The molecule has 3 aliphatic heterocycles. The van der Waals surface area contributed by atoms with Crippen molar-refractivity contribution in [2.24, 2.45) is 0 Å². The first kappa shape index (κ1) is 13.8. The summed E-state index contributed by atoms with van der Waals surface area (Å²) in [4.78, 5) is 4.60. The molecule has 0 unspecified atom stereocenters. The van der Waals surface area contributed by atoms with Crippen LogP contribution in [0, 0.1) is 0 Å². The summed E-state index contributed by atoms with van der Waals surface area (Å²) in [5.41, 5.74) is 0. The van der Waals surface area contributed by atoms with Crippen molar-refractivity contribution in [1.82, 2.24) is 9.80 Å². The molecular weight excluding hydrogens is 268 g/mol. The molecule has 0 aromatic carbocycles. The number of hydrogen-bond acceptors (Lipinski definition) is 6. The first-order chi connectivity index (χ1) is 9.16. The highest BCUT2D eigenvalue weighted by molar-refractivity contribution is 7.91. The van der Waals surface area contributed by atoms with Crippen LogP contribution in [-0.4, -0.2) is 94.4 Å². The molecule has 0 aromatic heterocycles. The van der Waals surface area contributed by atoms with Crippen molar-refractivity contribution < 1.29 is 17.9 Å². The lowest BCUT2D eigenvalue weighted by Gasteiger charge is -2.40. The van der Waals surface area contributed by atoms with Crippen LogP contribution < -0.4 is 0 Å². The predicted octanol–water partition coefficient (Wildman–Crippen LogP) is -1.18. The minimum absolute atomic E-state index is 0.131. The average Bonchev–Trinajstić information content (AvgIpc) is 2.77. The van der Waals surface area contributed by atoms with Crippen LogP contribution in [0.2, 0.25) is 0 Å². The summed E-state index contributed by atoms with van der Waals surface area (Å²) < 4.78 is 34.8. The molecule has 0 aromatic rings.